The molecule has 0 aliphatic heterocycles. The zero-order valence-electron chi connectivity index (χ0n) is 11.6. The number of aromatic amines is 1. The van der Waals surface area contributed by atoms with Gasteiger partial charge >= 0.3 is 6.03 Å². The van der Waals surface area contributed by atoms with E-state index in [4.69, 9.17) is 0 Å². The highest BCUT2D eigenvalue weighted by Crippen LogP contribution is 2.17. The summed E-state index contributed by atoms with van der Waals surface area (Å²) < 4.78 is 0. The van der Waals surface area contributed by atoms with Crippen LogP contribution >= 0.6 is 0 Å². The number of rotatable bonds is 5. The van der Waals surface area contributed by atoms with Gasteiger partial charge in [-0.2, -0.15) is 5.10 Å². The SMILES string of the molecule is CCNC(C)c1cccc(NC(=O)Nc2cn[nH]c2)c1. The molecular formula is C14H19N5O. The first-order valence-electron chi connectivity index (χ1n) is 6.59. The molecular weight excluding hydrogens is 254 g/mol. The molecule has 6 nitrogen and oxygen atoms in total. The Hall–Kier alpha value is -2.34. The van der Waals surface area contributed by atoms with Crippen LogP contribution in [0.1, 0.15) is 25.5 Å². The van der Waals surface area contributed by atoms with Crippen molar-refractivity contribution in [2.75, 3.05) is 17.2 Å². The Morgan fingerprint density at radius 2 is 2.15 bits per heavy atom. The van der Waals surface area contributed by atoms with Gasteiger partial charge in [-0.05, 0) is 31.2 Å². The van der Waals surface area contributed by atoms with Gasteiger partial charge in [0.15, 0.2) is 0 Å². The quantitative estimate of drug-likeness (QED) is 0.676. The standard InChI is InChI=1S/C14H19N5O/c1-3-15-10(2)11-5-4-6-12(7-11)18-14(20)19-13-8-16-17-9-13/h4-10,15H,3H2,1-2H3,(H,16,17)(H2,18,19,20). The van der Waals surface area contributed by atoms with Crippen molar-refractivity contribution in [1.82, 2.24) is 15.5 Å². The fourth-order valence-electron chi connectivity index (χ4n) is 1.92. The second-order valence-electron chi connectivity index (χ2n) is 4.47. The van der Waals surface area contributed by atoms with Gasteiger partial charge in [-0.3, -0.25) is 5.10 Å². The normalized spacial score (nSPS) is 11.9. The molecule has 20 heavy (non-hydrogen) atoms. The summed E-state index contributed by atoms with van der Waals surface area (Å²) in [5.74, 6) is 0. The van der Waals surface area contributed by atoms with Crippen LogP contribution in [0.4, 0.5) is 16.2 Å². The minimum atomic E-state index is -0.292. The Morgan fingerprint density at radius 3 is 2.85 bits per heavy atom. The maximum Gasteiger partial charge on any atom is 0.323 e. The fourth-order valence-corrected chi connectivity index (χ4v) is 1.92. The van der Waals surface area contributed by atoms with Crippen LogP contribution in [0.25, 0.3) is 0 Å². The molecule has 1 unspecified atom stereocenters. The molecule has 0 saturated heterocycles. The van der Waals surface area contributed by atoms with Gasteiger partial charge < -0.3 is 16.0 Å². The number of aromatic nitrogens is 2. The Labute approximate surface area is 118 Å². The van der Waals surface area contributed by atoms with Gasteiger partial charge in [-0.15, -0.1) is 0 Å². The van der Waals surface area contributed by atoms with Crippen LogP contribution in [-0.4, -0.2) is 22.8 Å². The van der Waals surface area contributed by atoms with E-state index in [1.165, 1.54) is 0 Å². The van der Waals surface area contributed by atoms with Crippen molar-refractivity contribution in [3.05, 3.63) is 42.2 Å². The number of carbonyl (C=O) groups is 1. The monoisotopic (exact) mass is 273 g/mol. The third kappa shape index (κ3) is 3.83. The largest absolute Gasteiger partial charge is 0.323 e. The highest BCUT2D eigenvalue weighted by Gasteiger charge is 2.07. The zero-order valence-corrected chi connectivity index (χ0v) is 11.6. The molecule has 0 bridgehead atoms. The van der Waals surface area contributed by atoms with E-state index in [2.05, 4.69) is 40.0 Å². The molecule has 1 heterocycles. The first kappa shape index (κ1) is 14.1. The van der Waals surface area contributed by atoms with Crippen LogP contribution in [0, 0.1) is 0 Å². The number of nitrogens with zero attached hydrogens (tertiary/aromatic N) is 1. The average Bonchev–Trinajstić information content (AvgIpc) is 2.92. The van der Waals surface area contributed by atoms with E-state index < -0.39 is 0 Å². The molecule has 6 heteroatoms. The molecule has 106 valence electrons. The molecule has 0 radical (unpaired) electrons. The highest BCUT2D eigenvalue weighted by molar-refractivity contribution is 5.99. The molecule has 0 spiro atoms. The van der Waals surface area contributed by atoms with Gasteiger partial charge in [0, 0.05) is 17.9 Å². The number of hydrogen-bond donors (Lipinski definition) is 4. The number of anilines is 2. The summed E-state index contributed by atoms with van der Waals surface area (Å²) in [4.78, 5) is 11.8. The van der Waals surface area contributed by atoms with Crippen LogP contribution in [0.2, 0.25) is 0 Å². The lowest BCUT2D eigenvalue weighted by Crippen LogP contribution is -2.20. The van der Waals surface area contributed by atoms with Crippen LogP contribution in [-0.2, 0) is 0 Å². The zero-order chi connectivity index (χ0) is 14.4. The van der Waals surface area contributed by atoms with Crippen LogP contribution < -0.4 is 16.0 Å². The predicted octanol–water partition coefficient (Wildman–Crippen LogP) is 2.72. The van der Waals surface area contributed by atoms with E-state index in [9.17, 15) is 4.79 Å². The summed E-state index contributed by atoms with van der Waals surface area (Å²) in [6.07, 6.45) is 3.16. The molecule has 4 N–H and O–H groups in total. The van der Waals surface area contributed by atoms with Gasteiger partial charge in [0.2, 0.25) is 0 Å². The maximum absolute atomic E-state index is 11.8. The molecule has 2 amide bonds. The number of urea groups is 1. The first-order chi connectivity index (χ1) is 9.69. The molecule has 0 saturated carbocycles. The van der Waals surface area contributed by atoms with Crippen molar-refractivity contribution in [2.45, 2.75) is 19.9 Å². The Morgan fingerprint density at radius 1 is 1.35 bits per heavy atom. The molecule has 1 atom stereocenters. The summed E-state index contributed by atoms with van der Waals surface area (Å²) >= 11 is 0. The smallest absolute Gasteiger partial charge is 0.310 e. The first-order valence-corrected chi connectivity index (χ1v) is 6.59. The van der Waals surface area contributed by atoms with Crippen molar-refractivity contribution in [3.8, 4) is 0 Å². The molecule has 0 aliphatic carbocycles. The van der Waals surface area contributed by atoms with E-state index in [0.717, 1.165) is 17.8 Å². The van der Waals surface area contributed by atoms with Crippen molar-refractivity contribution in [2.24, 2.45) is 0 Å². The number of amides is 2. The molecule has 0 fully saturated rings. The van der Waals surface area contributed by atoms with Gasteiger partial charge in [0.25, 0.3) is 0 Å². The summed E-state index contributed by atoms with van der Waals surface area (Å²) in [5.41, 5.74) is 2.51. The summed E-state index contributed by atoms with van der Waals surface area (Å²) in [7, 11) is 0. The summed E-state index contributed by atoms with van der Waals surface area (Å²) in [6.45, 7) is 5.06. The average molecular weight is 273 g/mol. The van der Waals surface area contributed by atoms with Gasteiger partial charge in [0.05, 0.1) is 11.9 Å². The van der Waals surface area contributed by atoms with E-state index in [-0.39, 0.29) is 12.1 Å². The maximum atomic E-state index is 11.8. The molecule has 0 aliphatic rings. The minimum Gasteiger partial charge on any atom is -0.310 e. The molecule has 1 aromatic heterocycles. The number of benzene rings is 1. The lowest BCUT2D eigenvalue weighted by Gasteiger charge is -2.14. The molecule has 1 aromatic carbocycles. The predicted molar refractivity (Wildman–Crippen MR) is 79.8 cm³/mol. The van der Waals surface area contributed by atoms with Gasteiger partial charge in [-0.25, -0.2) is 4.79 Å². The molecule has 2 rings (SSSR count). The van der Waals surface area contributed by atoms with Crippen LogP contribution in [0.5, 0.6) is 0 Å². The second kappa shape index (κ2) is 6.72. The van der Waals surface area contributed by atoms with Crippen LogP contribution in [0.15, 0.2) is 36.7 Å². The Kier molecular flexibility index (Phi) is 4.73. The lowest BCUT2D eigenvalue weighted by atomic mass is 10.1. The van der Waals surface area contributed by atoms with E-state index in [1.54, 1.807) is 12.4 Å². The Balaban J connectivity index is 1.98. The number of nitrogens with one attached hydrogen (secondary N) is 4. The third-order valence-corrected chi connectivity index (χ3v) is 2.91. The number of hydrogen-bond acceptors (Lipinski definition) is 3. The summed E-state index contributed by atoms with van der Waals surface area (Å²) in [5, 5.41) is 15.2. The van der Waals surface area contributed by atoms with Gasteiger partial charge in [-0.1, -0.05) is 19.1 Å². The van der Waals surface area contributed by atoms with E-state index in [1.807, 2.05) is 24.3 Å². The topological polar surface area (TPSA) is 81.8 Å². The van der Waals surface area contributed by atoms with Crippen molar-refractivity contribution in [3.63, 3.8) is 0 Å². The third-order valence-electron chi connectivity index (χ3n) is 2.91. The lowest BCUT2D eigenvalue weighted by molar-refractivity contribution is 0.262. The summed E-state index contributed by atoms with van der Waals surface area (Å²) in [6, 6.07) is 7.74. The second-order valence-corrected chi connectivity index (χ2v) is 4.47. The van der Waals surface area contributed by atoms with Crippen LogP contribution in [0.3, 0.4) is 0 Å². The van der Waals surface area contributed by atoms with E-state index in [0.29, 0.717) is 5.69 Å². The van der Waals surface area contributed by atoms with Gasteiger partial charge in [0.1, 0.15) is 0 Å². The number of H-pyrrole nitrogens is 1. The minimum absolute atomic E-state index is 0.249. The highest BCUT2D eigenvalue weighted by atomic mass is 16.2. The number of carbonyl (C=O) groups excluding carboxylic acids is 1. The van der Waals surface area contributed by atoms with Crippen molar-refractivity contribution < 1.29 is 4.79 Å². The Bertz CT molecular complexity index is 552. The van der Waals surface area contributed by atoms with Crippen molar-refractivity contribution in [1.29, 1.82) is 0 Å². The van der Waals surface area contributed by atoms with Crippen molar-refractivity contribution >= 4 is 17.4 Å². The fraction of sp³-hybridized carbons (Fsp3) is 0.286. The molecule has 2 aromatic rings. The van der Waals surface area contributed by atoms with E-state index >= 15 is 0 Å².